The molecule has 4 atom stereocenters. The molecule has 9 heteroatoms. The molecule has 2 aliphatic heterocycles. The molecule has 2 heterocycles. The molecule has 2 saturated heterocycles. The standard InChI is InChI=1S/C28H35F3N2O4/c1-3-4-10-22-16-23(32-17-20-11-12-21(28(29,30)31)15-24(20)35-2)26(19-8-6-5-7-9-19)33(22)27(34)25-18-36-13-14-37-25/h5-9,11-12,15,22-23,25-26,32H,3-4,10,13-14,16-18H2,1-2H3. The van der Waals surface area contributed by atoms with Crippen LogP contribution in [0.15, 0.2) is 48.5 Å². The van der Waals surface area contributed by atoms with Crippen molar-refractivity contribution in [3.8, 4) is 5.75 Å². The lowest BCUT2D eigenvalue weighted by molar-refractivity contribution is -0.161. The second kappa shape index (κ2) is 12.3. The number of nitrogens with one attached hydrogen (secondary N) is 1. The van der Waals surface area contributed by atoms with Gasteiger partial charge in [-0.15, -0.1) is 0 Å². The summed E-state index contributed by atoms with van der Waals surface area (Å²) in [5.41, 5.74) is 0.881. The third-order valence-corrected chi connectivity index (χ3v) is 7.15. The van der Waals surface area contributed by atoms with E-state index in [1.807, 2.05) is 35.2 Å². The number of carbonyl (C=O) groups is 1. The van der Waals surface area contributed by atoms with Crippen molar-refractivity contribution >= 4 is 5.91 Å². The number of carbonyl (C=O) groups excluding carboxylic acids is 1. The fraction of sp³-hybridized carbons (Fsp3) is 0.536. The van der Waals surface area contributed by atoms with Crippen LogP contribution in [0.1, 0.15) is 55.3 Å². The first-order chi connectivity index (χ1) is 17.8. The van der Waals surface area contributed by atoms with E-state index in [2.05, 4.69) is 12.2 Å². The summed E-state index contributed by atoms with van der Waals surface area (Å²) in [5.74, 6) is 0.103. The fourth-order valence-corrected chi connectivity index (χ4v) is 5.31. The maximum atomic E-state index is 13.8. The molecule has 6 nitrogen and oxygen atoms in total. The van der Waals surface area contributed by atoms with Crippen LogP contribution in [0.2, 0.25) is 0 Å². The number of benzene rings is 2. The minimum atomic E-state index is -4.44. The van der Waals surface area contributed by atoms with E-state index in [4.69, 9.17) is 14.2 Å². The largest absolute Gasteiger partial charge is 0.496 e. The van der Waals surface area contributed by atoms with Crippen molar-refractivity contribution in [3.05, 3.63) is 65.2 Å². The van der Waals surface area contributed by atoms with Crippen molar-refractivity contribution in [1.82, 2.24) is 10.2 Å². The van der Waals surface area contributed by atoms with Gasteiger partial charge in [-0.05, 0) is 30.5 Å². The molecule has 0 spiro atoms. The summed E-state index contributed by atoms with van der Waals surface area (Å²) in [7, 11) is 1.37. The highest BCUT2D eigenvalue weighted by Crippen LogP contribution is 2.40. The Hall–Kier alpha value is -2.62. The van der Waals surface area contributed by atoms with E-state index in [-0.39, 0.29) is 36.4 Å². The van der Waals surface area contributed by atoms with Gasteiger partial charge < -0.3 is 24.4 Å². The number of unbranched alkanes of at least 4 members (excludes halogenated alkanes) is 1. The Labute approximate surface area is 216 Å². The number of methoxy groups -OCH3 is 1. The minimum Gasteiger partial charge on any atom is -0.496 e. The fourth-order valence-electron chi connectivity index (χ4n) is 5.31. The van der Waals surface area contributed by atoms with Gasteiger partial charge in [0, 0.05) is 24.2 Å². The first kappa shape index (κ1) is 27.4. The quantitative estimate of drug-likeness (QED) is 0.498. The number of hydrogen-bond acceptors (Lipinski definition) is 5. The van der Waals surface area contributed by atoms with Crippen LogP contribution in [0, 0.1) is 0 Å². The molecule has 2 aromatic rings. The van der Waals surface area contributed by atoms with Gasteiger partial charge in [0.15, 0.2) is 6.10 Å². The number of ether oxygens (including phenoxy) is 3. The Balaban J connectivity index is 1.61. The SMILES string of the molecule is CCCCC1CC(NCc2ccc(C(F)(F)F)cc2OC)C(c2ccccc2)N1C(=O)C1COCCO1. The van der Waals surface area contributed by atoms with Crippen molar-refractivity contribution in [3.63, 3.8) is 0 Å². The smallest absolute Gasteiger partial charge is 0.416 e. The Morgan fingerprint density at radius 2 is 1.95 bits per heavy atom. The first-order valence-electron chi connectivity index (χ1n) is 12.9. The zero-order valence-corrected chi connectivity index (χ0v) is 21.3. The van der Waals surface area contributed by atoms with Crippen LogP contribution in [0.5, 0.6) is 5.75 Å². The van der Waals surface area contributed by atoms with Gasteiger partial charge in [-0.1, -0.05) is 56.2 Å². The normalized spacial score (nSPS) is 24.3. The highest BCUT2D eigenvalue weighted by molar-refractivity contribution is 5.82. The molecule has 1 N–H and O–H groups in total. The Morgan fingerprint density at radius 3 is 2.59 bits per heavy atom. The van der Waals surface area contributed by atoms with Gasteiger partial charge in [0.25, 0.3) is 5.91 Å². The second-order valence-corrected chi connectivity index (χ2v) is 9.58. The van der Waals surface area contributed by atoms with E-state index in [9.17, 15) is 18.0 Å². The van der Waals surface area contributed by atoms with E-state index in [0.29, 0.717) is 25.3 Å². The summed E-state index contributed by atoms with van der Waals surface area (Å²) < 4.78 is 56.2. The molecule has 2 fully saturated rings. The van der Waals surface area contributed by atoms with E-state index in [1.54, 1.807) is 0 Å². The van der Waals surface area contributed by atoms with Crippen LogP contribution < -0.4 is 10.1 Å². The number of rotatable bonds is 9. The van der Waals surface area contributed by atoms with Gasteiger partial charge in [-0.3, -0.25) is 4.79 Å². The summed E-state index contributed by atoms with van der Waals surface area (Å²) in [6, 6.07) is 13.1. The topological polar surface area (TPSA) is 60.0 Å². The number of hydrogen-bond donors (Lipinski definition) is 1. The molecule has 0 aliphatic carbocycles. The predicted molar refractivity (Wildman–Crippen MR) is 133 cm³/mol. The van der Waals surface area contributed by atoms with Gasteiger partial charge in [-0.2, -0.15) is 13.2 Å². The van der Waals surface area contributed by atoms with Crippen molar-refractivity contribution in [1.29, 1.82) is 0 Å². The number of amides is 1. The summed E-state index contributed by atoms with van der Waals surface area (Å²) in [5, 5.41) is 3.55. The maximum absolute atomic E-state index is 13.8. The predicted octanol–water partition coefficient (Wildman–Crippen LogP) is 5.12. The zero-order chi connectivity index (χ0) is 26.4. The van der Waals surface area contributed by atoms with Gasteiger partial charge in [0.1, 0.15) is 5.75 Å². The van der Waals surface area contributed by atoms with Crippen LogP contribution in [0.3, 0.4) is 0 Å². The Bertz CT molecular complexity index is 1030. The lowest BCUT2D eigenvalue weighted by Gasteiger charge is -2.36. The lowest BCUT2D eigenvalue weighted by atomic mass is 9.98. The molecule has 0 radical (unpaired) electrons. The molecule has 0 bridgehead atoms. The van der Waals surface area contributed by atoms with Crippen molar-refractivity contribution in [2.75, 3.05) is 26.9 Å². The molecule has 0 aromatic heterocycles. The third kappa shape index (κ3) is 6.45. The second-order valence-electron chi connectivity index (χ2n) is 9.58. The first-order valence-corrected chi connectivity index (χ1v) is 12.9. The summed E-state index contributed by atoms with van der Waals surface area (Å²) in [6.07, 6.45) is -1.50. The molecule has 2 aromatic carbocycles. The van der Waals surface area contributed by atoms with Crippen LogP contribution in [-0.2, 0) is 27.0 Å². The van der Waals surface area contributed by atoms with Crippen LogP contribution >= 0.6 is 0 Å². The number of likely N-dealkylation sites (tertiary alicyclic amines) is 1. The molecule has 2 aliphatic rings. The van der Waals surface area contributed by atoms with E-state index in [1.165, 1.54) is 13.2 Å². The third-order valence-electron chi connectivity index (χ3n) is 7.15. The molecule has 0 saturated carbocycles. The molecular weight excluding hydrogens is 485 g/mol. The average molecular weight is 521 g/mol. The Morgan fingerprint density at radius 1 is 1.16 bits per heavy atom. The van der Waals surface area contributed by atoms with E-state index in [0.717, 1.165) is 43.4 Å². The average Bonchev–Trinajstić information content (AvgIpc) is 3.28. The van der Waals surface area contributed by atoms with Crippen LogP contribution in [0.25, 0.3) is 0 Å². The van der Waals surface area contributed by atoms with Crippen LogP contribution in [-0.4, -0.2) is 55.9 Å². The van der Waals surface area contributed by atoms with Gasteiger partial charge >= 0.3 is 6.18 Å². The molecule has 37 heavy (non-hydrogen) atoms. The lowest BCUT2D eigenvalue weighted by Crippen LogP contribution is -2.49. The summed E-state index contributed by atoms with van der Waals surface area (Å²) in [6.45, 7) is 3.53. The monoisotopic (exact) mass is 520 g/mol. The molecule has 4 unspecified atom stereocenters. The van der Waals surface area contributed by atoms with Crippen molar-refractivity contribution < 1.29 is 32.2 Å². The number of halogens is 3. The minimum absolute atomic E-state index is 0.00943. The van der Waals surface area contributed by atoms with Gasteiger partial charge in [-0.25, -0.2) is 0 Å². The summed E-state index contributed by atoms with van der Waals surface area (Å²) >= 11 is 0. The highest BCUT2D eigenvalue weighted by atomic mass is 19.4. The van der Waals surface area contributed by atoms with E-state index >= 15 is 0 Å². The number of nitrogens with zero attached hydrogens (tertiary/aromatic N) is 1. The van der Waals surface area contributed by atoms with Crippen molar-refractivity contribution in [2.24, 2.45) is 0 Å². The highest BCUT2D eigenvalue weighted by Gasteiger charge is 2.46. The van der Waals surface area contributed by atoms with Crippen LogP contribution in [0.4, 0.5) is 13.2 Å². The van der Waals surface area contributed by atoms with Crippen molar-refractivity contribution in [2.45, 2.75) is 69.6 Å². The summed E-state index contributed by atoms with van der Waals surface area (Å²) in [4.78, 5) is 15.7. The molecular formula is C28H35F3N2O4. The number of alkyl halides is 3. The molecule has 4 rings (SSSR count). The molecule has 1 amide bonds. The van der Waals surface area contributed by atoms with Gasteiger partial charge in [0.2, 0.25) is 0 Å². The maximum Gasteiger partial charge on any atom is 0.416 e. The Kier molecular flexibility index (Phi) is 9.10. The van der Waals surface area contributed by atoms with E-state index < -0.39 is 17.8 Å². The molecule has 202 valence electrons. The van der Waals surface area contributed by atoms with Gasteiger partial charge in [0.05, 0.1) is 38.5 Å². The zero-order valence-electron chi connectivity index (χ0n) is 21.3.